The van der Waals surface area contributed by atoms with Crippen molar-refractivity contribution in [1.29, 1.82) is 0 Å². The molecule has 4 aromatic rings. The molecule has 232 valence electrons. The van der Waals surface area contributed by atoms with Crippen molar-refractivity contribution in [3.8, 4) is 17.0 Å². The van der Waals surface area contributed by atoms with Crippen LogP contribution in [-0.2, 0) is 25.6 Å². The van der Waals surface area contributed by atoms with Crippen LogP contribution in [0, 0.1) is 0 Å². The molecule has 2 aliphatic heterocycles. The predicted molar refractivity (Wildman–Crippen MR) is 166 cm³/mol. The number of fused-ring (bicyclic) bond motifs is 2. The second-order valence-corrected chi connectivity index (χ2v) is 13.3. The molecule has 0 bridgehead atoms. The third kappa shape index (κ3) is 5.65. The number of carbonyl (C=O) groups is 1. The topological polar surface area (TPSA) is 114 Å². The third-order valence-electron chi connectivity index (χ3n) is 7.97. The number of esters is 1. The van der Waals surface area contributed by atoms with Crippen LogP contribution in [0.5, 0.6) is 5.75 Å². The summed E-state index contributed by atoms with van der Waals surface area (Å²) in [4.78, 5) is 17.1. The molecule has 4 atom stereocenters. The maximum Gasteiger partial charge on any atom is 0.338 e. The highest BCUT2D eigenvalue weighted by molar-refractivity contribution is 7.22. The summed E-state index contributed by atoms with van der Waals surface area (Å²) in [6, 6.07) is 8.68. The Labute approximate surface area is 267 Å². The molecule has 2 saturated heterocycles. The zero-order valence-electron chi connectivity index (χ0n) is 24.3. The van der Waals surface area contributed by atoms with E-state index in [1.54, 1.807) is 30.3 Å². The molecule has 4 heterocycles. The number of nitrogens with one attached hydrogen (secondary N) is 1. The number of benzene rings is 2. The number of nitrogens with zero attached hydrogens (tertiary/aromatic N) is 2. The molecule has 0 amide bonds. The summed E-state index contributed by atoms with van der Waals surface area (Å²) in [5.74, 6) is 1.25. The van der Waals surface area contributed by atoms with Crippen molar-refractivity contribution in [2.45, 2.75) is 69.7 Å². The number of methoxy groups -OCH3 is 1. The quantitative estimate of drug-likeness (QED) is 0.181. The van der Waals surface area contributed by atoms with E-state index in [1.165, 1.54) is 18.4 Å². The van der Waals surface area contributed by atoms with Crippen LogP contribution in [0.25, 0.3) is 21.5 Å². The second kappa shape index (κ2) is 12.1. The first kappa shape index (κ1) is 29.8. The van der Waals surface area contributed by atoms with Crippen molar-refractivity contribution in [1.82, 2.24) is 10.1 Å². The molecule has 0 spiro atoms. The van der Waals surface area contributed by atoms with E-state index in [1.807, 2.05) is 13.8 Å². The number of hydrogen-bond donors (Lipinski definition) is 1. The Morgan fingerprint density at radius 3 is 2.64 bits per heavy atom. The van der Waals surface area contributed by atoms with Gasteiger partial charge in [0.1, 0.15) is 41.0 Å². The lowest BCUT2D eigenvalue weighted by Crippen LogP contribution is -2.36. The highest BCUT2D eigenvalue weighted by Gasteiger charge is 2.49. The Kier molecular flexibility index (Phi) is 8.19. The van der Waals surface area contributed by atoms with E-state index < -0.39 is 5.97 Å². The van der Waals surface area contributed by atoms with E-state index in [4.69, 9.17) is 56.4 Å². The molecule has 0 radical (unpaired) electrons. The van der Waals surface area contributed by atoms with Gasteiger partial charge in [0.25, 0.3) is 0 Å². The predicted octanol–water partition coefficient (Wildman–Crippen LogP) is 6.87. The van der Waals surface area contributed by atoms with Crippen LogP contribution in [0.4, 0.5) is 5.13 Å². The van der Waals surface area contributed by atoms with Crippen molar-refractivity contribution < 1.29 is 33.0 Å². The maximum atomic E-state index is 12.3. The van der Waals surface area contributed by atoms with Gasteiger partial charge >= 0.3 is 5.97 Å². The van der Waals surface area contributed by atoms with Crippen LogP contribution in [0.3, 0.4) is 0 Å². The zero-order chi connectivity index (χ0) is 30.5. The van der Waals surface area contributed by atoms with Crippen LogP contribution in [0.1, 0.15) is 54.3 Å². The van der Waals surface area contributed by atoms with Gasteiger partial charge in [0.05, 0.1) is 59.4 Å². The van der Waals surface area contributed by atoms with Crippen LogP contribution in [0.15, 0.2) is 34.9 Å². The van der Waals surface area contributed by atoms with Gasteiger partial charge in [-0.15, -0.1) is 0 Å². The van der Waals surface area contributed by atoms with Gasteiger partial charge in [-0.3, -0.25) is 0 Å². The van der Waals surface area contributed by atoms with Crippen molar-refractivity contribution >= 4 is 55.9 Å². The van der Waals surface area contributed by atoms with Gasteiger partial charge in [-0.05, 0) is 51.0 Å². The molecule has 3 aliphatic rings. The molecule has 3 fully saturated rings. The molecule has 1 N–H and O–H groups in total. The first-order valence-electron chi connectivity index (χ1n) is 14.5. The minimum absolute atomic E-state index is 0.0899. The largest absolute Gasteiger partial charge is 0.489 e. The summed E-state index contributed by atoms with van der Waals surface area (Å²) in [6.07, 6.45) is 1.23. The Morgan fingerprint density at radius 1 is 1.14 bits per heavy atom. The van der Waals surface area contributed by atoms with Gasteiger partial charge in [-0.2, -0.15) is 0 Å². The van der Waals surface area contributed by atoms with Crippen molar-refractivity contribution in [3.05, 3.63) is 57.3 Å². The Bertz CT molecular complexity index is 1680. The lowest BCUT2D eigenvalue weighted by atomic mass is 10.0. The molecule has 2 aromatic carbocycles. The number of aromatic nitrogens is 2. The first-order chi connectivity index (χ1) is 21.3. The zero-order valence-corrected chi connectivity index (χ0v) is 26.6. The maximum absolute atomic E-state index is 12.3. The number of thiazole rings is 1. The smallest absolute Gasteiger partial charge is 0.338 e. The lowest BCUT2D eigenvalue weighted by Gasteiger charge is -2.18. The molecule has 7 rings (SSSR count). The molecular formula is C31H31Cl2N3O7S. The molecular weight excluding hydrogens is 629 g/mol. The number of ether oxygens (including phenoxy) is 5. The average Bonchev–Trinajstić information content (AvgIpc) is 3.29. The fourth-order valence-electron chi connectivity index (χ4n) is 5.77. The van der Waals surface area contributed by atoms with Crippen molar-refractivity contribution in [2.24, 2.45) is 0 Å². The molecule has 10 nitrogen and oxygen atoms in total. The van der Waals surface area contributed by atoms with E-state index >= 15 is 0 Å². The number of hydrogen-bond acceptors (Lipinski definition) is 11. The molecule has 1 aliphatic carbocycles. The first-order valence-corrected chi connectivity index (χ1v) is 16.1. The SMILES string of the molecule is COC(=O)c1cc(OC(C)C)c2nc(N[C@@H]3CO[C@@H]4C(OCc5c(-c6c(Cl)cccc6Cl)noc5C5CC5)CO[C@@H]43)sc2c1. The highest BCUT2D eigenvalue weighted by Crippen LogP contribution is 2.46. The average molecular weight is 661 g/mol. The molecule has 1 unspecified atom stereocenters. The normalized spacial score (nSPS) is 23.0. The van der Waals surface area contributed by atoms with E-state index in [-0.39, 0.29) is 37.1 Å². The van der Waals surface area contributed by atoms with Gasteiger partial charge in [0.15, 0.2) is 5.13 Å². The van der Waals surface area contributed by atoms with Crippen molar-refractivity contribution in [2.75, 3.05) is 25.6 Å². The van der Waals surface area contributed by atoms with E-state index in [9.17, 15) is 4.79 Å². The molecule has 1 saturated carbocycles. The Hall–Kier alpha value is -2.93. The molecule has 44 heavy (non-hydrogen) atoms. The third-order valence-corrected chi connectivity index (χ3v) is 9.53. The summed E-state index contributed by atoms with van der Waals surface area (Å²) in [6.45, 7) is 4.93. The minimum atomic E-state index is -0.432. The Balaban J connectivity index is 1.06. The standard InChI is InChI=1S/C31H31Cl2N3O7S/c1-14(2)42-21-9-16(30(37)38-3)10-23-26(21)35-31(44-23)34-20-12-40-29-22(13-41-28(20)29)39-11-17-25(36-43-27(17)15-7-8-15)24-18(32)5-4-6-19(24)33/h4-6,9-10,14-15,20,22,28-29H,7-8,11-13H2,1-3H3,(H,34,35)/t20-,22?,28-,29-/m1/s1. The van der Waals surface area contributed by atoms with Gasteiger partial charge < -0.3 is 33.5 Å². The lowest BCUT2D eigenvalue weighted by molar-refractivity contribution is -0.0390. The van der Waals surface area contributed by atoms with Gasteiger partial charge in [-0.25, -0.2) is 9.78 Å². The fraction of sp³-hybridized carbons (Fsp3) is 0.452. The second-order valence-electron chi connectivity index (χ2n) is 11.4. The van der Waals surface area contributed by atoms with Gasteiger partial charge in [0, 0.05) is 17.0 Å². The number of carbonyl (C=O) groups excluding carboxylic acids is 1. The highest BCUT2D eigenvalue weighted by atomic mass is 35.5. The van der Waals surface area contributed by atoms with Crippen LogP contribution >= 0.6 is 34.5 Å². The summed E-state index contributed by atoms with van der Waals surface area (Å²) in [7, 11) is 1.36. The number of anilines is 1. The summed E-state index contributed by atoms with van der Waals surface area (Å²) in [5.41, 5.74) is 3.20. The number of rotatable bonds is 10. The summed E-state index contributed by atoms with van der Waals surface area (Å²) < 4.78 is 36.3. The van der Waals surface area contributed by atoms with Crippen LogP contribution in [-0.4, -0.2) is 66.9 Å². The van der Waals surface area contributed by atoms with Crippen LogP contribution < -0.4 is 10.1 Å². The molecule has 13 heteroatoms. The van der Waals surface area contributed by atoms with E-state index in [2.05, 4.69) is 10.5 Å². The van der Waals surface area contributed by atoms with Crippen LogP contribution in [0.2, 0.25) is 10.0 Å². The minimum Gasteiger partial charge on any atom is -0.489 e. The van der Waals surface area contributed by atoms with E-state index in [0.29, 0.717) is 62.4 Å². The molecule has 2 aromatic heterocycles. The fourth-order valence-corrected chi connectivity index (χ4v) is 7.33. The summed E-state index contributed by atoms with van der Waals surface area (Å²) >= 11 is 14.5. The van der Waals surface area contributed by atoms with Gasteiger partial charge in [0.2, 0.25) is 0 Å². The van der Waals surface area contributed by atoms with Gasteiger partial charge in [-0.1, -0.05) is 45.8 Å². The van der Waals surface area contributed by atoms with Crippen molar-refractivity contribution in [3.63, 3.8) is 0 Å². The van der Waals surface area contributed by atoms with E-state index in [0.717, 1.165) is 28.9 Å². The monoisotopic (exact) mass is 659 g/mol. The summed E-state index contributed by atoms with van der Waals surface area (Å²) in [5, 5.41) is 9.54. The Morgan fingerprint density at radius 2 is 1.91 bits per heavy atom. The number of halogens is 2.